The molecule has 1 aliphatic rings. The van der Waals surface area contributed by atoms with Crippen molar-refractivity contribution in [1.29, 1.82) is 0 Å². The summed E-state index contributed by atoms with van der Waals surface area (Å²) in [4.78, 5) is 17.7. The Bertz CT molecular complexity index is 1180. The lowest BCUT2D eigenvalue weighted by Crippen LogP contribution is -2.30. The van der Waals surface area contributed by atoms with Crippen LogP contribution in [0.2, 0.25) is 5.02 Å². The normalized spacial score (nSPS) is 18.4. The first-order valence-corrected chi connectivity index (χ1v) is 10.2. The molecule has 0 unspecified atom stereocenters. The first-order valence-electron chi connectivity index (χ1n) is 9.81. The lowest BCUT2D eigenvalue weighted by Gasteiger charge is -2.19. The largest absolute Gasteiger partial charge is 0.469 e. The smallest absolute Gasteiger partial charge is 0.287 e. The third kappa shape index (κ3) is 4.05. The van der Waals surface area contributed by atoms with E-state index in [2.05, 4.69) is 15.2 Å². The number of aliphatic hydroxyl groups is 1. The van der Waals surface area contributed by atoms with Gasteiger partial charge in [0.25, 0.3) is 5.56 Å². The zero-order valence-corrected chi connectivity index (χ0v) is 18.0. The summed E-state index contributed by atoms with van der Waals surface area (Å²) in [6, 6.07) is 1.38. The molecular formula is C20H20ClF2N5O4. The van der Waals surface area contributed by atoms with Gasteiger partial charge in [0, 0.05) is 11.6 Å². The standard InChI is InChI=1S/C20H20ClF2N5O4/c1-10-18(11(2)32-26-10)12-5-17(24-6-13(12)22)31-16-9-27(8-14(16)23)15-7-25-28(3-4-29)20(30)19(15)21/h5-7,14,16,29H,3-4,8-9H2,1-2H3/t14-,16-/m0/s1. The fourth-order valence-electron chi connectivity index (χ4n) is 3.67. The van der Waals surface area contributed by atoms with E-state index in [4.69, 9.17) is 26.0 Å². The molecule has 0 amide bonds. The Morgan fingerprint density at radius 3 is 2.81 bits per heavy atom. The topological polar surface area (TPSA) is 107 Å². The van der Waals surface area contributed by atoms with Crippen LogP contribution >= 0.6 is 11.6 Å². The molecule has 1 aliphatic heterocycles. The van der Waals surface area contributed by atoms with E-state index in [1.165, 1.54) is 12.3 Å². The summed E-state index contributed by atoms with van der Waals surface area (Å²) in [7, 11) is 0. The fraction of sp³-hybridized carbons (Fsp3) is 0.400. The molecule has 0 radical (unpaired) electrons. The van der Waals surface area contributed by atoms with Gasteiger partial charge in [0.1, 0.15) is 16.6 Å². The van der Waals surface area contributed by atoms with Gasteiger partial charge in [-0.15, -0.1) is 0 Å². The van der Waals surface area contributed by atoms with Crippen molar-refractivity contribution in [2.24, 2.45) is 0 Å². The molecule has 32 heavy (non-hydrogen) atoms. The van der Waals surface area contributed by atoms with Gasteiger partial charge >= 0.3 is 0 Å². The monoisotopic (exact) mass is 467 g/mol. The van der Waals surface area contributed by atoms with Crippen molar-refractivity contribution < 1.29 is 23.1 Å². The van der Waals surface area contributed by atoms with Gasteiger partial charge in [-0.3, -0.25) is 4.79 Å². The quantitative estimate of drug-likeness (QED) is 0.588. The Morgan fingerprint density at radius 1 is 1.34 bits per heavy atom. The SMILES string of the molecule is Cc1noc(C)c1-c1cc(O[C@H]2CN(c3cnn(CCO)c(=O)c3Cl)C[C@@H]2F)ncc1F. The highest BCUT2D eigenvalue weighted by atomic mass is 35.5. The maximum absolute atomic E-state index is 14.7. The summed E-state index contributed by atoms with van der Waals surface area (Å²) in [6.45, 7) is 3.08. The Labute approximate surface area is 186 Å². The van der Waals surface area contributed by atoms with Crippen LogP contribution in [0.4, 0.5) is 14.5 Å². The minimum atomic E-state index is -1.42. The molecule has 170 valence electrons. The van der Waals surface area contributed by atoms with Crippen LogP contribution in [0.15, 0.2) is 27.8 Å². The van der Waals surface area contributed by atoms with Crippen LogP contribution in [0.5, 0.6) is 5.88 Å². The van der Waals surface area contributed by atoms with Gasteiger partial charge in [-0.05, 0) is 13.8 Å². The van der Waals surface area contributed by atoms with Crippen LogP contribution < -0.4 is 15.2 Å². The molecule has 1 saturated heterocycles. The molecule has 0 aromatic carbocycles. The molecule has 4 heterocycles. The lowest BCUT2D eigenvalue weighted by atomic mass is 10.1. The van der Waals surface area contributed by atoms with Crippen molar-refractivity contribution in [3.8, 4) is 17.0 Å². The number of rotatable bonds is 6. The van der Waals surface area contributed by atoms with Crippen LogP contribution in [0, 0.1) is 19.7 Å². The van der Waals surface area contributed by atoms with Gasteiger partial charge < -0.3 is 19.3 Å². The molecule has 0 bridgehead atoms. The van der Waals surface area contributed by atoms with Crippen LogP contribution in [0.25, 0.3) is 11.1 Å². The fourth-order valence-corrected chi connectivity index (χ4v) is 3.94. The number of nitrogens with zero attached hydrogens (tertiary/aromatic N) is 5. The maximum atomic E-state index is 14.7. The predicted molar refractivity (Wildman–Crippen MR) is 111 cm³/mol. The molecule has 12 heteroatoms. The van der Waals surface area contributed by atoms with E-state index in [-0.39, 0.29) is 48.4 Å². The molecule has 4 rings (SSSR count). The Hall–Kier alpha value is -3.05. The predicted octanol–water partition coefficient (Wildman–Crippen LogP) is 2.30. The number of halogens is 3. The molecule has 1 fully saturated rings. The second-order valence-corrected chi connectivity index (χ2v) is 7.75. The summed E-state index contributed by atoms with van der Waals surface area (Å²) < 4.78 is 41.0. The minimum absolute atomic E-state index is 0.00000666. The Kier molecular flexibility index (Phi) is 6.11. The Morgan fingerprint density at radius 2 is 2.12 bits per heavy atom. The summed E-state index contributed by atoms with van der Waals surface area (Å²) in [5.74, 6) is -0.108. The summed E-state index contributed by atoms with van der Waals surface area (Å²) in [6.07, 6.45) is -0.0000818. The first-order chi connectivity index (χ1) is 15.3. The zero-order valence-electron chi connectivity index (χ0n) is 17.3. The number of hydrogen-bond donors (Lipinski definition) is 1. The van der Waals surface area contributed by atoms with E-state index in [0.29, 0.717) is 17.0 Å². The van der Waals surface area contributed by atoms with Crippen molar-refractivity contribution in [1.82, 2.24) is 19.9 Å². The van der Waals surface area contributed by atoms with Gasteiger partial charge in [-0.1, -0.05) is 16.8 Å². The van der Waals surface area contributed by atoms with Crippen molar-refractivity contribution in [3.63, 3.8) is 0 Å². The molecular weight excluding hydrogens is 448 g/mol. The molecule has 2 atom stereocenters. The van der Waals surface area contributed by atoms with Crippen LogP contribution in [0.3, 0.4) is 0 Å². The highest BCUT2D eigenvalue weighted by molar-refractivity contribution is 6.33. The highest BCUT2D eigenvalue weighted by Gasteiger charge is 2.36. The second kappa shape index (κ2) is 8.83. The van der Waals surface area contributed by atoms with Gasteiger partial charge in [-0.2, -0.15) is 5.10 Å². The number of aryl methyl sites for hydroxylation is 2. The molecule has 0 saturated carbocycles. The maximum Gasteiger partial charge on any atom is 0.287 e. The number of aliphatic hydroxyl groups excluding tert-OH is 1. The molecule has 0 aliphatic carbocycles. The zero-order chi connectivity index (χ0) is 23.0. The molecule has 3 aromatic heterocycles. The first kappa shape index (κ1) is 22.2. The number of alkyl halides is 1. The third-order valence-electron chi connectivity index (χ3n) is 5.22. The number of ether oxygens (including phenoxy) is 1. The van der Waals surface area contributed by atoms with Gasteiger partial charge in [0.05, 0.1) is 55.6 Å². The summed E-state index contributed by atoms with van der Waals surface area (Å²) in [5, 5.41) is 16.7. The van der Waals surface area contributed by atoms with Crippen molar-refractivity contribution in [2.75, 3.05) is 24.6 Å². The average Bonchev–Trinajstić information content (AvgIpc) is 3.28. The summed E-state index contributed by atoms with van der Waals surface area (Å²) >= 11 is 6.17. The van der Waals surface area contributed by atoms with Crippen LogP contribution in [0.1, 0.15) is 11.5 Å². The van der Waals surface area contributed by atoms with E-state index in [1.807, 2.05) is 0 Å². The average molecular weight is 468 g/mol. The number of pyridine rings is 1. The highest BCUT2D eigenvalue weighted by Crippen LogP contribution is 2.33. The second-order valence-electron chi connectivity index (χ2n) is 7.37. The van der Waals surface area contributed by atoms with Gasteiger partial charge in [-0.25, -0.2) is 18.4 Å². The van der Waals surface area contributed by atoms with Crippen molar-refractivity contribution in [2.45, 2.75) is 32.7 Å². The van der Waals surface area contributed by atoms with E-state index in [0.717, 1.165) is 10.9 Å². The van der Waals surface area contributed by atoms with E-state index in [9.17, 15) is 13.6 Å². The number of hydrogen-bond acceptors (Lipinski definition) is 8. The van der Waals surface area contributed by atoms with E-state index in [1.54, 1.807) is 18.7 Å². The van der Waals surface area contributed by atoms with Crippen molar-refractivity contribution in [3.05, 3.63) is 51.1 Å². The lowest BCUT2D eigenvalue weighted by molar-refractivity contribution is 0.134. The molecule has 0 spiro atoms. The van der Waals surface area contributed by atoms with E-state index < -0.39 is 23.7 Å². The molecule has 9 nitrogen and oxygen atoms in total. The number of anilines is 1. The Balaban J connectivity index is 1.55. The van der Waals surface area contributed by atoms with Crippen LogP contribution in [-0.4, -0.2) is 57.0 Å². The number of aromatic nitrogens is 4. The van der Waals surface area contributed by atoms with E-state index >= 15 is 0 Å². The minimum Gasteiger partial charge on any atom is -0.469 e. The molecule has 3 aromatic rings. The van der Waals surface area contributed by atoms with Crippen molar-refractivity contribution >= 4 is 17.3 Å². The summed E-state index contributed by atoms with van der Waals surface area (Å²) in [5.41, 5.74) is 0.870. The molecule has 1 N–H and O–H groups in total. The van der Waals surface area contributed by atoms with Gasteiger partial charge in [0.2, 0.25) is 5.88 Å². The van der Waals surface area contributed by atoms with Gasteiger partial charge in [0.15, 0.2) is 12.3 Å². The third-order valence-corrected chi connectivity index (χ3v) is 5.58. The van der Waals surface area contributed by atoms with Crippen LogP contribution in [-0.2, 0) is 6.54 Å².